The van der Waals surface area contributed by atoms with Crippen LogP contribution in [-0.2, 0) is 9.59 Å². The van der Waals surface area contributed by atoms with Gasteiger partial charge >= 0.3 is 0 Å². The lowest BCUT2D eigenvalue weighted by Gasteiger charge is -2.29. The van der Waals surface area contributed by atoms with Gasteiger partial charge in [0.15, 0.2) is 16.6 Å². The molecule has 1 N–H and O–H groups in total. The zero-order valence-electron chi connectivity index (χ0n) is 17.2. The summed E-state index contributed by atoms with van der Waals surface area (Å²) in [4.78, 5) is 26.9. The molecule has 2 aromatic rings. The second-order valence-electron chi connectivity index (χ2n) is 6.39. The van der Waals surface area contributed by atoms with E-state index >= 15 is 0 Å². The highest BCUT2D eigenvalue weighted by Gasteiger charge is 2.34. The van der Waals surface area contributed by atoms with E-state index in [1.54, 1.807) is 48.5 Å². The number of nitrogens with one attached hydrogen (secondary N) is 1. The molecule has 3 rings (SSSR count). The number of nitrogens with zero attached hydrogens (tertiary/aromatic N) is 1. The van der Waals surface area contributed by atoms with Gasteiger partial charge in [0, 0.05) is 0 Å². The van der Waals surface area contributed by atoms with Gasteiger partial charge in [0.1, 0.15) is 17.9 Å². The molecule has 1 aliphatic heterocycles. The monoisotopic (exact) mass is 438 g/mol. The van der Waals surface area contributed by atoms with Crippen LogP contribution >= 0.6 is 12.2 Å². The van der Waals surface area contributed by atoms with Crippen LogP contribution in [0, 0.1) is 0 Å². The van der Waals surface area contributed by atoms with E-state index in [2.05, 4.69) is 11.9 Å². The first kappa shape index (κ1) is 22.0. The SMILES string of the molecule is C=CCOc1ccc(/C=C2\C(=O)NC(=S)N(c3ccc(OCC)cc3)C2=O)cc1OC. The number of hydrogen-bond acceptors (Lipinski definition) is 6. The fourth-order valence-electron chi connectivity index (χ4n) is 2.96. The second kappa shape index (κ2) is 9.90. The number of benzene rings is 2. The molecule has 0 aliphatic carbocycles. The lowest BCUT2D eigenvalue weighted by molar-refractivity contribution is -0.122. The molecule has 1 fully saturated rings. The lowest BCUT2D eigenvalue weighted by atomic mass is 10.1. The Hall–Kier alpha value is -3.65. The van der Waals surface area contributed by atoms with Gasteiger partial charge in [0.05, 0.1) is 19.4 Å². The molecule has 31 heavy (non-hydrogen) atoms. The van der Waals surface area contributed by atoms with Crippen molar-refractivity contribution in [1.82, 2.24) is 5.32 Å². The number of carbonyl (C=O) groups is 2. The van der Waals surface area contributed by atoms with Gasteiger partial charge < -0.3 is 14.2 Å². The Labute approximate surface area is 185 Å². The van der Waals surface area contributed by atoms with E-state index in [1.165, 1.54) is 18.1 Å². The topological polar surface area (TPSA) is 77.1 Å². The predicted octanol–water partition coefficient (Wildman–Crippen LogP) is 3.49. The van der Waals surface area contributed by atoms with Crippen LogP contribution in [-0.4, -0.2) is 37.3 Å². The van der Waals surface area contributed by atoms with Gasteiger partial charge in [0.2, 0.25) is 0 Å². The molecule has 0 saturated carbocycles. The molecule has 1 heterocycles. The molecular formula is C23H22N2O5S. The minimum Gasteiger partial charge on any atom is -0.494 e. The second-order valence-corrected chi connectivity index (χ2v) is 6.78. The summed E-state index contributed by atoms with van der Waals surface area (Å²) >= 11 is 5.23. The molecule has 0 atom stereocenters. The molecule has 1 saturated heterocycles. The van der Waals surface area contributed by atoms with Gasteiger partial charge in [-0.2, -0.15) is 0 Å². The number of amides is 2. The summed E-state index contributed by atoms with van der Waals surface area (Å²) in [6, 6.07) is 12.0. The Morgan fingerprint density at radius 2 is 1.84 bits per heavy atom. The molecule has 2 aromatic carbocycles. The van der Waals surface area contributed by atoms with E-state index in [-0.39, 0.29) is 10.7 Å². The van der Waals surface area contributed by atoms with Crippen molar-refractivity contribution in [3.63, 3.8) is 0 Å². The van der Waals surface area contributed by atoms with Gasteiger partial charge in [-0.3, -0.25) is 19.8 Å². The Bertz CT molecular complexity index is 1050. The van der Waals surface area contributed by atoms with E-state index in [0.29, 0.717) is 41.7 Å². The average molecular weight is 439 g/mol. The van der Waals surface area contributed by atoms with Gasteiger partial charge in [-0.05, 0) is 67.2 Å². The third kappa shape index (κ3) is 4.92. The molecule has 0 bridgehead atoms. The Morgan fingerprint density at radius 1 is 1.10 bits per heavy atom. The van der Waals surface area contributed by atoms with E-state index in [4.69, 9.17) is 26.4 Å². The highest BCUT2D eigenvalue weighted by Crippen LogP contribution is 2.30. The molecule has 0 aromatic heterocycles. The number of carbonyl (C=O) groups excluding carboxylic acids is 2. The predicted molar refractivity (Wildman–Crippen MR) is 123 cm³/mol. The van der Waals surface area contributed by atoms with Gasteiger partial charge in [-0.1, -0.05) is 18.7 Å². The third-order valence-corrected chi connectivity index (χ3v) is 4.65. The number of rotatable bonds is 8. The van der Waals surface area contributed by atoms with Crippen molar-refractivity contribution in [3.05, 3.63) is 66.3 Å². The molecular weight excluding hydrogens is 416 g/mol. The number of thiocarbonyl (C=S) groups is 1. The zero-order chi connectivity index (χ0) is 22.4. The summed E-state index contributed by atoms with van der Waals surface area (Å²) in [5.74, 6) is 0.583. The number of anilines is 1. The smallest absolute Gasteiger partial charge is 0.270 e. The third-order valence-electron chi connectivity index (χ3n) is 4.36. The van der Waals surface area contributed by atoms with Crippen molar-refractivity contribution < 1.29 is 23.8 Å². The maximum Gasteiger partial charge on any atom is 0.270 e. The van der Waals surface area contributed by atoms with Crippen LogP contribution in [0.5, 0.6) is 17.2 Å². The number of ether oxygens (including phenoxy) is 3. The minimum absolute atomic E-state index is 0.0158. The molecule has 1 aliphatic rings. The summed E-state index contributed by atoms with van der Waals surface area (Å²) in [5, 5.41) is 2.58. The summed E-state index contributed by atoms with van der Waals surface area (Å²) < 4.78 is 16.3. The van der Waals surface area contributed by atoms with E-state index in [9.17, 15) is 9.59 Å². The first-order valence-corrected chi connectivity index (χ1v) is 9.95. The number of methoxy groups -OCH3 is 1. The molecule has 8 heteroatoms. The maximum absolute atomic E-state index is 13.1. The normalized spacial score (nSPS) is 15.0. The lowest BCUT2D eigenvalue weighted by Crippen LogP contribution is -2.54. The molecule has 7 nitrogen and oxygen atoms in total. The van der Waals surface area contributed by atoms with Crippen LogP contribution in [0.3, 0.4) is 0 Å². The van der Waals surface area contributed by atoms with Crippen LogP contribution in [0.15, 0.2) is 60.7 Å². The molecule has 0 radical (unpaired) electrons. The van der Waals surface area contributed by atoms with Crippen LogP contribution in [0.2, 0.25) is 0 Å². The summed E-state index contributed by atoms with van der Waals surface area (Å²) in [5.41, 5.74) is 1.07. The van der Waals surface area contributed by atoms with Crippen molar-refractivity contribution in [2.45, 2.75) is 6.92 Å². The fraction of sp³-hybridized carbons (Fsp3) is 0.174. The van der Waals surface area contributed by atoms with E-state index in [0.717, 1.165) is 0 Å². The Morgan fingerprint density at radius 3 is 2.48 bits per heavy atom. The summed E-state index contributed by atoms with van der Waals surface area (Å²) in [6.07, 6.45) is 3.11. The zero-order valence-corrected chi connectivity index (χ0v) is 18.0. The van der Waals surface area contributed by atoms with Crippen molar-refractivity contribution in [1.29, 1.82) is 0 Å². The maximum atomic E-state index is 13.1. The minimum atomic E-state index is -0.567. The molecule has 2 amide bonds. The highest BCUT2D eigenvalue weighted by atomic mass is 32.1. The van der Waals surface area contributed by atoms with Crippen LogP contribution in [0.1, 0.15) is 12.5 Å². The van der Waals surface area contributed by atoms with Crippen molar-refractivity contribution >= 4 is 40.9 Å². The van der Waals surface area contributed by atoms with Crippen LogP contribution < -0.4 is 24.4 Å². The van der Waals surface area contributed by atoms with E-state index < -0.39 is 11.8 Å². The van der Waals surface area contributed by atoms with Crippen molar-refractivity contribution in [2.24, 2.45) is 0 Å². The van der Waals surface area contributed by atoms with Gasteiger partial charge in [-0.15, -0.1) is 0 Å². The first-order chi connectivity index (χ1) is 15.0. The van der Waals surface area contributed by atoms with Crippen LogP contribution in [0.25, 0.3) is 6.08 Å². The fourth-order valence-corrected chi connectivity index (χ4v) is 3.24. The average Bonchev–Trinajstić information content (AvgIpc) is 2.76. The van der Waals surface area contributed by atoms with Crippen molar-refractivity contribution in [3.8, 4) is 17.2 Å². The van der Waals surface area contributed by atoms with Crippen LogP contribution in [0.4, 0.5) is 5.69 Å². The number of hydrogen-bond donors (Lipinski definition) is 1. The first-order valence-electron chi connectivity index (χ1n) is 9.54. The molecule has 0 spiro atoms. The summed E-state index contributed by atoms with van der Waals surface area (Å²) in [6.45, 7) is 6.36. The summed E-state index contributed by atoms with van der Waals surface area (Å²) in [7, 11) is 1.51. The molecule has 160 valence electrons. The largest absolute Gasteiger partial charge is 0.494 e. The van der Waals surface area contributed by atoms with Gasteiger partial charge in [-0.25, -0.2) is 0 Å². The Balaban J connectivity index is 1.92. The highest BCUT2D eigenvalue weighted by molar-refractivity contribution is 7.80. The standard InChI is InChI=1S/C23H22N2O5S/c1-4-12-30-19-11-6-15(14-20(19)28-3)13-18-21(26)24-23(31)25(22(18)27)16-7-9-17(10-8-16)29-5-2/h4,6-11,13-14H,1,5,12H2,2-3H3,(H,24,26,31)/b18-13+. The molecule has 0 unspecified atom stereocenters. The van der Waals surface area contributed by atoms with Crippen molar-refractivity contribution in [2.75, 3.05) is 25.2 Å². The Kier molecular flexibility index (Phi) is 7.04. The van der Waals surface area contributed by atoms with Gasteiger partial charge in [0.25, 0.3) is 11.8 Å². The van der Waals surface area contributed by atoms with E-state index in [1.807, 2.05) is 6.92 Å². The quantitative estimate of drug-likeness (QED) is 0.294.